The lowest BCUT2D eigenvalue weighted by atomic mass is 9.53. The predicted octanol–water partition coefficient (Wildman–Crippen LogP) is 1.27. The smallest absolute Gasteiger partial charge is 0.336 e. The zero-order valence-electron chi connectivity index (χ0n) is 8.15. The Labute approximate surface area is 77.4 Å². The molecule has 0 amide bonds. The summed E-state index contributed by atoms with van der Waals surface area (Å²) in [4.78, 5) is 11.6. The third-order valence-corrected chi connectivity index (χ3v) is 3.71. The van der Waals surface area contributed by atoms with E-state index in [1.54, 1.807) is 0 Å². The standard InChI is InChI=1S/C9H14N2O2/c1-5-6(2)9(8(12)13-3)7(5)4-10-11-9/h5-7H,4H2,1-3H3/t5-,6-,7-,9+/m0/s1. The second-order valence-electron chi connectivity index (χ2n) is 4.00. The fraction of sp³-hybridized carbons (Fsp3) is 0.889. The summed E-state index contributed by atoms with van der Waals surface area (Å²) in [6.45, 7) is 4.87. The molecule has 0 N–H and O–H groups in total. The molecule has 0 aromatic heterocycles. The van der Waals surface area contributed by atoms with E-state index in [0.717, 1.165) is 0 Å². The minimum absolute atomic E-state index is 0.218. The van der Waals surface area contributed by atoms with E-state index in [1.807, 2.05) is 6.92 Å². The Morgan fingerprint density at radius 2 is 2.23 bits per heavy atom. The third kappa shape index (κ3) is 0.785. The first-order valence-electron chi connectivity index (χ1n) is 4.61. The molecular formula is C9H14N2O2. The first kappa shape index (κ1) is 8.66. The summed E-state index contributed by atoms with van der Waals surface area (Å²) >= 11 is 0. The van der Waals surface area contributed by atoms with E-state index in [1.165, 1.54) is 7.11 Å². The van der Waals surface area contributed by atoms with Crippen molar-refractivity contribution in [2.75, 3.05) is 13.7 Å². The van der Waals surface area contributed by atoms with Gasteiger partial charge in [0.1, 0.15) is 0 Å². The maximum atomic E-state index is 11.6. The van der Waals surface area contributed by atoms with Crippen molar-refractivity contribution < 1.29 is 9.53 Å². The molecule has 4 heteroatoms. The molecular weight excluding hydrogens is 168 g/mol. The van der Waals surface area contributed by atoms with Gasteiger partial charge in [0.05, 0.1) is 13.7 Å². The van der Waals surface area contributed by atoms with Crippen LogP contribution in [0.5, 0.6) is 0 Å². The summed E-state index contributed by atoms with van der Waals surface area (Å²) < 4.78 is 4.78. The molecule has 1 saturated carbocycles. The van der Waals surface area contributed by atoms with Crippen molar-refractivity contribution in [1.82, 2.24) is 0 Å². The largest absolute Gasteiger partial charge is 0.467 e. The Balaban J connectivity index is 2.30. The summed E-state index contributed by atoms with van der Waals surface area (Å²) in [6, 6.07) is 0. The molecule has 4 nitrogen and oxygen atoms in total. The van der Waals surface area contributed by atoms with Gasteiger partial charge in [0.15, 0.2) is 5.54 Å². The number of hydrogen-bond donors (Lipinski definition) is 0. The van der Waals surface area contributed by atoms with Crippen LogP contribution in [0, 0.1) is 17.8 Å². The summed E-state index contributed by atoms with van der Waals surface area (Å²) in [5.41, 5.74) is -0.631. The first-order chi connectivity index (χ1) is 6.14. The second kappa shape index (κ2) is 2.53. The van der Waals surface area contributed by atoms with Crippen LogP contribution in [-0.4, -0.2) is 25.2 Å². The van der Waals surface area contributed by atoms with Crippen LogP contribution in [-0.2, 0) is 9.53 Å². The second-order valence-corrected chi connectivity index (χ2v) is 4.00. The molecule has 4 atom stereocenters. The van der Waals surface area contributed by atoms with Crippen LogP contribution in [0.15, 0.2) is 10.2 Å². The number of hydrogen-bond acceptors (Lipinski definition) is 4. The lowest BCUT2D eigenvalue weighted by Crippen LogP contribution is -2.63. The molecule has 0 saturated heterocycles. The summed E-state index contributed by atoms with van der Waals surface area (Å²) in [6.07, 6.45) is 0. The highest BCUT2D eigenvalue weighted by molar-refractivity contribution is 5.84. The zero-order valence-corrected chi connectivity index (χ0v) is 8.15. The SMILES string of the molecule is COC(=O)[C@]12N=NC[C@H]1[C@@H](C)[C@@H]2C. The fourth-order valence-electron chi connectivity index (χ4n) is 2.63. The number of ether oxygens (including phenoxy) is 1. The molecule has 1 aliphatic carbocycles. The Morgan fingerprint density at radius 1 is 1.54 bits per heavy atom. The summed E-state index contributed by atoms with van der Waals surface area (Å²) in [7, 11) is 1.41. The van der Waals surface area contributed by atoms with Gasteiger partial charge in [-0.2, -0.15) is 10.2 Å². The molecule has 0 aromatic carbocycles. The molecule has 0 bridgehead atoms. The highest BCUT2D eigenvalue weighted by Crippen LogP contribution is 2.55. The Bertz CT molecular complexity index is 277. The van der Waals surface area contributed by atoms with Gasteiger partial charge in [-0.15, -0.1) is 0 Å². The van der Waals surface area contributed by atoms with Gasteiger partial charge < -0.3 is 4.74 Å². The molecule has 1 heterocycles. The van der Waals surface area contributed by atoms with Crippen LogP contribution in [0.1, 0.15) is 13.8 Å². The van der Waals surface area contributed by atoms with Crippen molar-refractivity contribution in [3.63, 3.8) is 0 Å². The lowest BCUT2D eigenvalue weighted by Gasteiger charge is -2.50. The number of nitrogens with zero attached hydrogens (tertiary/aromatic N) is 2. The number of fused-ring (bicyclic) bond motifs is 1. The monoisotopic (exact) mass is 182 g/mol. The number of methoxy groups -OCH3 is 1. The van der Waals surface area contributed by atoms with Crippen molar-refractivity contribution in [3.05, 3.63) is 0 Å². The van der Waals surface area contributed by atoms with Crippen LogP contribution < -0.4 is 0 Å². The summed E-state index contributed by atoms with van der Waals surface area (Å²) in [5, 5.41) is 8.06. The van der Waals surface area contributed by atoms with Crippen LogP contribution in [0.4, 0.5) is 0 Å². The molecule has 13 heavy (non-hydrogen) atoms. The van der Waals surface area contributed by atoms with Gasteiger partial charge >= 0.3 is 5.97 Å². The molecule has 2 aliphatic rings. The van der Waals surface area contributed by atoms with E-state index < -0.39 is 5.54 Å². The third-order valence-electron chi connectivity index (χ3n) is 3.71. The van der Waals surface area contributed by atoms with Gasteiger partial charge in [0, 0.05) is 5.92 Å². The molecule has 0 spiro atoms. The van der Waals surface area contributed by atoms with Crippen LogP contribution >= 0.6 is 0 Å². The van der Waals surface area contributed by atoms with E-state index in [9.17, 15) is 4.79 Å². The van der Waals surface area contributed by atoms with Crippen molar-refractivity contribution >= 4 is 5.97 Å². The molecule has 0 unspecified atom stereocenters. The van der Waals surface area contributed by atoms with Gasteiger partial charge in [0.2, 0.25) is 0 Å². The average Bonchev–Trinajstić information content (AvgIpc) is 2.56. The van der Waals surface area contributed by atoms with E-state index >= 15 is 0 Å². The normalized spacial score (nSPS) is 46.8. The van der Waals surface area contributed by atoms with E-state index in [0.29, 0.717) is 12.5 Å². The molecule has 1 aliphatic heterocycles. The summed E-state index contributed by atoms with van der Waals surface area (Å²) in [5.74, 6) is 0.838. The highest BCUT2D eigenvalue weighted by Gasteiger charge is 2.66. The van der Waals surface area contributed by atoms with Gasteiger partial charge in [-0.05, 0) is 11.8 Å². The van der Waals surface area contributed by atoms with E-state index in [4.69, 9.17) is 4.74 Å². The average molecular weight is 182 g/mol. The highest BCUT2D eigenvalue weighted by atomic mass is 16.5. The van der Waals surface area contributed by atoms with Gasteiger partial charge in [-0.25, -0.2) is 4.79 Å². The Morgan fingerprint density at radius 3 is 2.85 bits per heavy atom. The first-order valence-corrected chi connectivity index (χ1v) is 4.61. The minimum Gasteiger partial charge on any atom is -0.467 e. The number of azo groups is 1. The number of rotatable bonds is 1. The van der Waals surface area contributed by atoms with Crippen molar-refractivity contribution in [2.45, 2.75) is 19.4 Å². The molecule has 2 rings (SSSR count). The number of carbonyl (C=O) groups is 1. The van der Waals surface area contributed by atoms with Crippen molar-refractivity contribution in [3.8, 4) is 0 Å². The maximum Gasteiger partial charge on any atom is 0.336 e. The topological polar surface area (TPSA) is 51.0 Å². The van der Waals surface area contributed by atoms with Crippen LogP contribution in [0.3, 0.4) is 0 Å². The zero-order chi connectivity index (χ0) is 9.64. The van der Waals surface area contributed by atoms with Crippen LogP contribution in [0.2, 0.25) is 0 Å². The minimum atomic E-state index is -0.631. The van der Waals surface area contributed by atoms with Crippen LogP contribution in [0.25, 0.3) is 0 Å². The molecule has 0 aromatic rings. The van der Waals surface area contributed by atoms with Gasteiger partial charge in [0.25, 0.3) is 0 Å². The van der Waals surface area contributed by atoms with Gasteiger partial charge in [-0.1, -0.05) is 13.8 Å². The molecule has 0 radical (unpaired) electrons. The van der Waals surface area contributed by atoms with E-state index in [2.05, 4.69) is 17.2 Å². The number of carbonyl (C=O) groups excluding carboxylic acids is 1. The van der Waals surface area contributed by atoms with E-state index in [-0.39, 0.29) is 17.8 Å². The van der Waals surface area contributed by atoms with Crippen molar-refractivity contribution in [1.29, 1.82) is 0 Å². The fourth-order valence-corrected chi connectivity index (χ4v) is 2.63. The molecule has 1 fully saturated rings. The lowest BCUT2D eigenvalue weighted by molar-refractivity contribution is -0.162. The van der Waals surface area contributed by atoms with Crippen molar-refractivity contribution in [2.24, 2.45) is 28.0 Å². The Hall–Kier alpha value is -0.930. The molecule has 72 valence electrons. The quantitative estimate of drug-likeness (QED) is 0.573. The maximum absolute atomic E-state index is 11.6. The van der Waals surface area contributed by atoms with Gasteiger partial charge in [-0.3, -0.25) is 0 Å². The number of esters is 1. The predicted molar refractivity (Wildman–Crippen MR) is 46.3 cm³/mol. The Kier molecular flexibility index (Phi) is 1.68.